The highest BCUT2D eigenvalue weighted by Crippen LogP contribution is 2.08. The van der Waals surface area contributed by atoms with Crippen molar-refractivity contribution in [3.63, 3.8) is 0 Å². The predicted octanol–water partition coefficient (Wildman–Crippen LogP) is 2.45. The first kappa shape index (κ1) is 12.9. The van der Waals surface area contributed by atoms with Crippen LogP contribution in [-0.4, -0.2) is 17.8 Å². The number of rotatable bonds is 9. The molecule has 2 nitrogen and oxygen atoms in total. The molecule has 0 spiro atoms. The zero-order valence-electron chi connectivity index (χ0n) is 8.97. The van der Waals surface area contributed by atoms with Gasteiger partial charge in [-0.1, -0.05) is 39.0 Å². The van der Waals surface area contributed by atoms with Crippen LogP contribution in [0.2, 0.25) is 0 Å². The van der Waals surface area contributed by atoms with E-state index >= 15 is 0 Å². The summed E-state index contributed by atoms with van der Waals surface area (Å²) < 4.78 is 0. The third-order valence-electron chi connectivity index (χ3n) is 2.51. The Morgan fingerprint density at radius 1 is 1.00 bits per heavy atom. The molecule has 1 unspecified atom stereocenters. The van der Waals surface area contributed by atoms with E-state index < -0.39 is 0 Å². The molecule has 0 fully saturated rings. The van der Waals surface area contributed by atoms with Crippen LogP contribution >= 0.6 is 0 Å². The molecule has 0 radical (unpaired) electrons. The first-order valence-electron chi connectivity index (χ1n) is 5.67. The molecule has 0 aliphatic carbocycles. The van der Waals surface area contributed by atoms with E-state index in [1.807, 2.05) is 0 Å². The minimum Gasteiger partial charge on any atom is -0.396 e. The third kappa shape index (κ3) is 9.84. The Morgan fingerprint density at radius 2 is 1.54 bits per heavy atom. The van der Waals surface area contributed by atoms with Crippen molar-refractivity contribution in [2.75, 3.05) is 6.61 Å². The number of hydrogen-bond donors (Lipinski definition) is 2. The van der Waals surface area contributed by atoms with E-state index in [0.29, 0.717) is 12.6 Å². The second-order valence-electron chi connectivity index (χ2n) is 3.80. The summed E-state index contributed by atoms with van der Waals surface area (Å²) >= 11 is 0. The molecular formula is C11H25NO. The van der Waals surface area contributed by atoms with E-state index in [4.69, 9.17) is 10.8 Å². The molecule has 0 aromatic heterocycles. The SMILES string of the molecule is CCC(N)CCCCCCCCO. The fourth-order valence-corrected chi connectivity index (χ4v) is 1.43. The van der Waals surface area contributed by atoms with E-state index in [1.54, 1.807) is 0 Å². The van der Waals surface area contributed by atoms with Crippen LogP contribution in [0.15, 0.2) is 0 Å². The van der Waals surface area contributed by atoms with Gasteiger partial charge in [0.05, 0.1) is 0 Å². The van der Waals surface area contributed by atoms with Crippen LogP contribution in [0, 0.1) is 0 Å². The van der Waals surface area contributed by atoms with Gasteiger partial charge in [0, 0.05) is 12.6 Å². The number of hydrogen-bond acceptors (Lipinski definition) is 2. The topological polar surface area (TPSA) is 46.2 Å². The number of aliphatic hydroxyl groups excluding tert-OH is 1. The van der Waals surface area contributed by atoms with E-state index in [9.17, 15) is 0 Å². The molecule has 0 saturated carbocycles. The summed E-state index contributed by atoms with van der Waals surface area (Å²) in [7, 11) is 0. The second-order valence-corrected chi connectivity index (χ2v) is 3.80. The van der Waals surface area contributed by atoms with Crippen LogP contribution in [0.1, 0.15) is 58.3 Å². The van der Waals surface area contributed by atoms with Crippen LogP contribution in [-0.2, 0) is 0 Å². The first-order valence-corrected chi connectivity index (χ1v) is 5.67. The normalized spacial score (nSPS) is 13.2. The smallest absolute Gasteiger partial charge is 0.0431 e. The molecule has 1 atom stereocenters. The lowest BCUT2D eigenvalue weighted by Crippen LogP contribution is -2.17. The molecule has 0 aromatic carbocycles. The zero-order chi connectivity index (χ0) is 9.94. The minimum atomic E-state index is 0.348. The Balaban J connectivity index is 2.91. The maximum atomic E-state index is 8.56. The summed E-state index contributed by atoms with van der Waals surface area (Å²) in [6.45, 7) is 2.49. The summed E-state index contributed by atoms with van der Waals surface area (Å²) in [6, 6.07) is 0.414. The van der Waals surface area contributed by atoms with Crippen molar-refractivity contribution >= 4 is 0 Å². The fourth-order valence-electron chi connectivity index (χ4n) is 1.43. The van der Waals surface area contributed by atoms with E-state index in [0.717, 1.165) is 12.8 Å². The van der Waals surface area contributed by atoms with E-state index in [2.05, 4.69) is 6.92 Å². The molecule has 3 N–H and O–H groups in total. The molecule has 80 valence electrons. The van der Waals surface area contributed by atoms with Crippen LogP contribution in [0.5, 0.6) is 0 Å². The standard InChI is InChI=1S/C11H25NO/c1-2-11(12)9-7-5-3-4-6-8-10-13/h11,13H,2-10,12H2,1H3. The molecule has 0 rings (SSSR count). The zero-order valence-corrected chi connectivity index (χ0v) is 8.97. The minimum absolute atomic E-state index is 0.348. The van der Waals surface area contributed by atoms with Gasteiger partial charge in [-0.15, -0.1) is 0 Å². The van der Waals surface area contributed by atoms with Crippen LogP contribution in [0.4, 0.5) is 0 Å². The Kier molecular flexibility index (Phi) is 9.94. The number of unbranched alkanes of at least 4 members (excludes halogenated alkanes) is 5. The average Bonchev–Trinajstić information content (AvgIpc) is 2.16. The summed E-state index contributed by atoms with van der Waals surface area (Å²) in [6.07, 6.45) is 9.57. The van der Waals surface area contributed by atoms with E-state index in [1.165, 1.54) is 38.5 Å². The maximum Gasteiger partial charge on any atom is 0.0431 e. The molecule has 0 amide bonds. The van der Waals surface area contributed by atoms with Crippen molar-refractivity contribution in [2.45, 2.75) is 64.3 Å². The molecule has 0 aromatic rings. The van der Waals surface area contributed by atoms with Gasteiger partial charge in [0.2, 0.25) is 0 Å². The lowest BCUT2D eigenvalue weighted by atomic mass is 10.0. The Labute approximate surface area is 82.5 Å². The molecule has 0 saturated heterocycles. The molecular weight excluding hydrogens is 162 g/mol. The van der Waals surface area contributed by atoms with Gasteiger partial charge >= 0.3 is 0 Å². The van der Waals surface area contributed by atoms with Crippen molar-refractivity contribution < 1.29 is 5.11 Å². The largest absolute Gasteiger partial charge is 0.396 e. The Bertz CT molecular complexity index is 96.1. The van der Waals surface area contributed by atoms with Crippen LogP contribution in [0.3, 0.4) is 0 Å². The van der Waals surface area contributed by atoms with Crippen LogP contribution in [0.25, 0.3) is 0 Å². The van der Waals surface area contributed by atoms with Gasteiger partial charge in [-0.2, -0.15) is 0 Å². The Hall–Kier alpha value is -0.0800. The summed E-state index contributed by atoms with van der Waals surface area (Å²) in [5.74, 6) is 0. The molecule has 0 aliphatic rings. The predicted molar refractivity (Wildman–Crippen MR) is 57.7 cm³/mol. The average molecular weight is 187 g/mol. The second kappa shape index (κ2) is 10.0. The molecule has 0 aliphatic heterocycles. The van der Waals surface area contributed by atoms with Gasteiger partial charge < -0.3 is 10.8 Å². The van der Waals surface area contributed by atoms with Crippen LogP contribution < -0.4 is 5.73 Å². The molecule has 2 heteroatoms. The third-order valence-corrected chi connectivity index (χ3v) is 2.51. The van der Waals surface area contributed by atoms with Gasteiger partial charge in [0.15, 0.2) is 0 Å². The van der Waals surface area contributed by atoms with E-state index in [-0.39, 0.29) is 0 Å². The summed E-state index contributed by atoms with van der Waals surface area (Å²) in [5.41, 5.74) is 5.80. The van der Waals surface area contributed by atoms with Crippen molar-refractivity contribution in [3.8, 4) is 0 Å². The summed E-state index contributed by atoms with van der Waals surface area (Å²) in [5, 5.41) is 8.56. The van der Waals surface area contributed by atoms with Gasteiger partial charge in [0.1, 0.15) is 0 Å². The van der Waals surface area contributed by atoms with Gasteiger partial charge in [-0.3, -0.25) is 0 Å². The fraction of sp³-hybridized carbons (Fsp3) is 1.00. The first-order chi connectivity index (χ1) is 6.31. The van der Waals surface area contributed by atoms with Crippen molar-refractivity contribution in [3.05, 3.63) is 0 Å². The highest BCUT2D eigenvalue weighted by molar-refractivity contribution is 4.57. The number of nitrogens with two attached hydrogens (primary N) is 1. The van der Waals surface area contributed by atoms with Gasteiger partial charge in [0.25, 0.3) is 0 Å². The molecule has 0 heterocycles. The van der Waals surface area contributed by atoms with Gasteiger partial charge in [-0.05, 0) is 19.3 Å². The Morgan fingerprint density at radius 3 is 2.08 bits per heavy atom. The molecule has 13 heavy (non-hydrogen) atoms. The quantitative estimate of drug-likeness (QED) is 0.545. The van der Waals surface area contributed by atoms with Gasteiger partial charge in [-0.25, -0.2) is 0 Å². The monoisotopic (exact) mass is 187 g/mol. The lowest BCUT2D eigenvalue weighted by molar-refractivity contribution is 0.282. The highest BCUT2D eigenvalue weighted by atomic mass is 16.2. The van der Waals surface area contributed by atoms with Crippen molar-refractivity contribution in [1.29, 1.82) is 0 Å². The summed E-state index contributed by atoms with van der Waals surface area (Å²) in [4.78, 5) is 0. The number of aliphatic hydroxyl groups is 1. The molecule has 0 bridgehead atoms. The van der Waals surface area contributed by atoms with Crippen molar-refractivity contribution in [1.82, 2.24) is 0 Å². The highest BCUT2D eigenvalue weighted by Gasteiger charge is 1.97. The maximum absolute atomic E-state index is 8.56. The lowest BCUT2D eigenvalue weighted by Gasteiger charge is -2.07. The van der Waals surface area contributed by atoms with Crippen molar-refractivity contribution in [2.24, 2.45) is 5.73 Å².